The fourth-order valence-corrected chi connectivity index (χ4v) is 2.97. The van der Waals surface area contributed by atoms with E-state index < -0.39 is 11.9 Å². The van der Waals surface area contributed by atoms with Crippen molar-refractivity contribution in [3.05, 3.63) is 53.6 Å². The van der Waals surface area contributed by atoms with Crippen LogP contribution in [0.15, 0.2) is 42.5 Å². The van der Waals surface area contributed by atoms with Gasteiger partial charge in [0.05, 0.1) is 18.2 Å². The molecule has 1 aliphatic rings. The van der Waals surface area contributed by atoms with Crippen molar-refractivity contribution < 1.29 is 19.1 Å². The van der Waals surface area contributed by atoms with Crippen LogP contribution in [0.4, 0.5) is 10.5 Å². The predicted molar refractivity (Wildman–Crippen MR) is 111 cm³/mol. The third kappa shape index (κ3) is 5.72. The molecule has 2 aromatic rings. The fourth-order valence-electron chi connectivity index (χ4n) is 2.97. The van der Waals surface area contributed by atoms with Crippen molar-refractivity contribution in [2.24, 2.45) is 0 Å². The van der Waals surface area contributed by atoms with E-state index in [2.05, 4.69) is 16.7 Å². The summed E-state index contributed by atoms with van der Waals surface area (Å²) in [6.07, 6.45) is 0. The highest BCUT2D eigenvalue weighted by molar-refractivity contribution is 6.01. The number of hydrogen-bond acceptors (Lipinski definition) is 6. The van der Waals surface area contributed by atoms with Crippen molar-refractivity contribution in [1.82, 2.24) is 10.2 Å². The summed E-state index contributed by atoms with van der Waals surface area (Å²) in [4.78, 5) is 26.5. The molecule has 8 heteroatoms. The molecule has 3 rings (SSSR count). The summed E-state index contributed by atoms with van der Waals surface area (Å²) in [5, 5.41) is 13.9. The average Bonchev–Trinajstić information content (AvgIpc) is 2.73. The minimum atomic E-state index is -0.612. The summed E-state index contributed by atoms with van der Waals surface area (Å²) >= 11 is 0. The molecule has 2 aromatic carbocycles. The van der Waals surface area contributed by atoms with Gasteiger partial charge in [0, 0.05) is 24.3 Å². The van der Waals surface area contributed by atoms with Crippen LogP contribution in [0.2, 0.25) is 0 Å². The first-order valence-corrected chi connectivity index (χ1v) is 9.68. The highest BCUT2D eigenvalue weighted by Crippen LogP contribution is 2.32. The van der Waals surface area contributed by atoms with Crippen LogP contribution >= 0.6 is 0 Å². The Kier molecular flexibility index (Phi) is 6.88. The molecule has 1 aliphatic heterocycles. The lowest BCUT2D eigenvalue weighted by molar-refractivity contribution is -0.121. The molecule has 0 aliphatic carbocycles. The standard InChI is InChI=1S/C22H24N4O4/c1-15(2)26(13-17-5-3-16(12-23)4-6-17)14-21(27)25-22(28)24-18-7-8-19-20(11-18)30-10-9-29-19/h3-8,11,15H,9-10,13-14H2,1-2H3,(H2,24,25,27,28). The van der Waals surface area contributed by atoms with Crippen LogP contribution in [0, 0.1) is 11.3 Å². The Balaban J connectivity index is 1.54. The molecule has 0 saturated carbocycles. The Morgan fingerprint density at radius 3 is 2.47 bits per heavy atom. The Morgan fingerprint density at radius 1 is 1.10 bits per heavy atom. The largest absolute Gasteiger partial charge is 0.486 e. The van der Waals surface area contributed by atoms with Gasteiger partial charge in [-0.05, 0) is 43.7 Å². The molecule has 0 unspecified atom stereocenters. The number of nitrogens with zero attached hydrogens (tertiary/aromatic N) is 2. The second-order valence-electron chi connectivity index (χ2n) is 7.17. The zero-order valence-electron chi connectivity index (χ0n) is 17.0. The predicted octanol–water partition coefficient (Wildman–Crippen LogP) is 2.89. The van der Waals surface area contributed by atoms with Gasteiger partial charge in [0.1, 0.15) is 13.2 Å². The number of amides is 3. The van der Waals surface area contributed by atoms with E-state index >= 15 is 0 Å². The maximum Gasteiger partial charge on any atom is 0.325 e. The molecule has 3 amide bonds. The maximum atomic E-state index is 12.4. The maximum absolute atomic E-state index is 12.4. The topological polar surface area (TPSA) is 104 Å². The molecule has 0 spiro atoms. The zero-order valence-corrected chi connectivity index (χ0v) is 17.0. The van der Waals surface area contributed by atoms with Crippen LogP contribution in [0.1, 0.15) is 25.0 Å². The third-order valence-corrected chi connectivity index (χ3v) is 4.60. The second-order valence-corrected chi connectivity index (χ2v) is 7.17. The van der Waals surface area contributed by atoms with E-state index in [4.69, 9.17) is 14.7 Å². The number of urea groups is 1. The summed E-state index contributed by atoms with van der Waals surface area (Å²) in [6, 6.07) is 13.8. The molecule has 1 heterocycles. The van der Waals surface area contributed by atoms with Gasteiger partial charge < -0.3 is 14.8 Å². The highest BCUT2D eigenvalue weighted by Gasteiger charge is 2.17. The number of benzene rings is 2. The lowest BCUT2D eigenvalue weighted by Crippen LogP contribution is -2.43. The number of rotatable bonds is 6. The van der Waals surface area contributed by atoms with Gasteiger partial charge in [-0.3, -0.25) is 15.0 Å². The van der Waals surface area contributed by atoms with Crippen LogP contribution in [-0.4, -0.2) is 42.6 Å². The molecular weight excluding hydrogens is 384 g/mol. The Hall–Kier alpha value is -3.57. The Morgan fingerprint density at radius 2 is 1.80 bits per heavy atom. The Labute approximate surface area is 175 Å². The van der Waals surface area contributed by atoms with Gasteiger partial charge in [-0.25, -0.2) is 4.79 Å². The number of imide groups is 1. The Bertz CT molecular complexity index is 951. The van der Waals surface area contributed by atoms with Crippen LogP contribution < -0.4 is 20.1 Å². The molecule has 0 atom stereocenters. The summed E-state index contributed by atoms with van der Waals surface area (Å²) in [6.45, 7) is 5.49. The molecular formula is C22H24N4O4. The number of hydrogen-bond donors (Lipinski definition) is 2. The summed E-state index contributed by atoms with van der Waals surface area (Å²) in [7, 11) is 0. The first-order valence-electron chi connectivity index (χ1n) is 9.68. The summed E-state index contributed by atoms with van der Waals surface area (Å²) < 4.78 is 10.9. The van der Waals surface area contributed by atoms with Crippen LogP contribution in [0.5, 0.6) is 11.5 Å². The van der Waals surface area contributed by atoms with Crippen molar-refractivity contribution in [3.8, 4) is 17.6 Å². The monoisotopic (exact) mass is 408 g/mol. The van der Waals surface area contributed by atoms with Gasteiger partial charge in [0.15, 0.2) is 11.5 Å². The number of anilines is 1. The number of carbonyl (C=O) groups is 2. The van der Waals surface area contributed by atoms with Crippen molar-refractivity contribution in [2.75, 3.05) is 25.1 Å². The number of ether oxygens (including phenoxy) is 2. The fraction of sp³-hybridized carbons (Fsp3) is 0.318. The minimum Gasteiger partial charge on any atom is -0.486 e. The van der Waals surface area contributed by atoms with E-state index in [1.807, 2.05) is 30.9 Å². The minimum absolute atomic E-state index is 0.0617. The van der Waals surface area contributed by atoms with Crippen molar-refractivity contribution in [3.63, 3.8) is 0 Å². The van der Waals surface area contributed by atoms with E-state index in [1.165, 1.54) is 0 Å². The first-order chi connectivity index (χ1) is 14.4. The lowest BCUT2D eigenvalue weighted by Gasteiger charge is -2.25. The van der Waals surface area contributed by atoms with E-state index in [1.54, 1.807) is 30.3 Å². The van der Waals surface area contributed by atoms with E-state index in [9.17, 15) is 9.59 Å². The quantitative estimate of drug-likeness (QED) is 0.762. The summed E-state index contributed by atoms with van der Waals surface area (Å²) in [5.74, 6) is 0.768. The average molecular weight is 408 g/mol. The van der Waals surface area contributed by atoms with Gasteiger partial charge in [0.25, 0.3) is 0 Å². The normalized spacial score (nSPS) is 12.4. The van der Waals surface area contributed by atoms with Gasteiger partial charge in [-0.15, -0.1) is 0 Å². The number of fused-ring (bicyclic) bond motifs is 1. The smallest absolute Gasteiger partial charge is 0.325 e. The van der Waals surface area contributed by atoms with E-state index in [0.29, 0.717) is 42.5 Å². The SMILES string of the molecule is CC(C)N(CC(=O)NC(=O)Nc1ccc2c(c1)OCCO2)Cc1ccc(C#N)cc1. The number of nitrogens with one attached hydrogen (secondary N) is 2. The molecule has 0 aromatic heterocycles. The molecule has 0 fully saturated rings. The molecule has 156 valence electrons. The molecule has 8 nitrogen and oxygen atoms in total. The zero-order chi connectivity index (χ0) is 21.5. The van der Waals surface area contributed by atoms with Crippen molar-refractivity contribution in [1.29, 1.82) is 5.26 Å². The van der Waals surface area contributed by atoms with E-state index in [-0.39, 0.29) is 12.6 Å². The molecule has 0 radical (unpaired) electrons. The van der Waals surface area contributed by atoms with Crippen molar-refractivity contribution in [2.45, 2.75) is 26.4 Å². The molecule has 0 saturated heterocycles. The number of carbonyl (C=O) groups excluding carboxylic acids is 2. The molecule has 2 N–H and O–H groups in total. The third-order valence-electron chi connectivity index (χ3n) is 4.60. The highest BCUT2D eigenvalue weighted by atomic mass is 16.6. The first kappa shape index (κ1) is 21.1. The number of nitriles is 1. The van der Waals surface area contributed by atoms with Gasteiger partial charge >= 0.3 is 6.03 Å². The van der Waals surface area contributed by atoms with E-state index in [0.717, 1.165) is 5.56 Å². The van der Waals surface area contributed by atoms with Crippen molar-refractivity contribution >= 4 is 17.6 Å². The lowest BCUT2D eigenvalue weighted by atomic mass is 10.1. The van der Waals surface area contributed by atoms with Gasteiger partial charge in [-0.1, -0.05) is 12.1 Å². The second kappa shape index (κ2) is 9.76. The molecule has 0 bridgehead atoms. The van der Waals surface area contributed by atoms with Crippen LogP contribution in [0.3, 0.4) is 0 Å². The van der Waals surface area contributed by atoms with Crippen LogP contribution in [0.25, 0.3) is 0 Å². The summed E-state index contributed by atoms with van der Waals surface area (Å²) in [5.41, 5.74) is 2.07. The molecule has 30 heavy (non-hydrogen) atoms. The van der Waals surface area contributed by atoms with Gasteiger partial charge in [0.2, 0.25) is 5.91 Å². The van der Waals surface area contributed by atoms with Crippen LogP contribution in [-0.2, 0) is 11.3 Å². The van der Waals surface area contributed by atoms with Gasteiger partial charge in [-0.2, -0.15) is 5.26 Å².